The number of benzene rings is 2. The van der Waals surface area contributed by atoms with Crippen LogP contribution in [0.1, 0.15) is 57.0 Å². The largest absolute Gasteiger partial charge is 0.351 e. The number of aryl methyl sites for hydroxylation is 5. The van der Waals surface area contributed by atoms with Crippen molar-refractivity contribution in [3.8, 4) is 5.69 Å². The molecule has 2 atom stereocenters. The Balaban J connectivity index is 1.72. The van der Waals surface area contributed by atoms with Crippen LogP contribution in [0.4, 0.5) is 5.69 Å². The van der Waals surface area contributed by atoms with Gasteiger partial charge in [-0.15, -0.1) is 0 Å². The first-order valence-electron chi connectivity index (χ1n) is 12.1. The molecule has 0 saturated carbocycles. The Kier molecular flexibility index (Phi) is 5.97. The Hall–Kier alpha value is -3.44. The predicted molar refractivity (Wildman–Crippen MR) is 149 cm³/mol. The van der Waals surface area contributed by atoms with E-state index in [1.807, 2.05) is 18.3 Å². The number of rotatable bonds is 4. The summed E-state index contributed by atoms with van der Waals surface area (Å²) in [7, 11) is 0. The maximum Gasteiger partial charge on any atom is 0.174 e. The van der Waals surface area contributed by atoms with Crippen LogP contribution >= 0.6 is 12.2 Å². The van der Waals surface area contributed by atoms with Gasteiger partial charge in [0.25, 0.3) is 0 Å². The molecule has 5 heteroatoms. The zero-order valence-electron chi connectivity index (χ0n) is 21.3. The van der Waals surface area contributed by atoms with Gasteiger partial charge in [-0.25, -0.2) is 0 Å². The van der Waals surface area contributed by atoms with Crippen molar-refractivity contribution < 1.29 is 0 Å². The van der Waals surface area contributed by atoms with E-state index in [0.717, 1.165) is 16.5 Å². The Morgan fingerprint density at radius 2 is 1.57 bits per heavy atom. The van der Waals surface area contributed by atoms with Gasteiger partial charge in [-0.2, -0.15) is 0 Å². The van der Waals surface area contributed by atoms with Crippen molar-refractivity contribution in [3.63, 3.8) is 0 Å². The fraction of sp³-hybridized carbons (Fsp3) is 0.267. The normalized spacial score (nSPS) is 17.7. The third-order valence-electron chi connectivity index (χ3n) is 7.03. The third kappa shape index (κ3) is 4.04. The minimum atomic E-state index is -0.0571. The van der Waals surface area contributed by atoms with Crippen molar-refractivity contribution >= 4 is 23.0 Å². The van der Waals surface area contributed by atoms with E-state index in [1.165, 1.54) is 44.9 Å². The molecule has 0 bridgehead atoms. The summed E-state index contributed by atoms with van der Waals surface area (Å²) in [5.41, 5.74) is 12.1. The third-order valence-corrected chi connectivity index (χ3v) is 7.34. The minimum absolute atomic E-state index is 0.0230. The first-order valence-corrected chi connectivity index (χ1v) is 12.5. The van der Waals surface area contributed by atoms with E-state index < -0.39 is 0 Å². The van der Waals surface area contributed by atoms with E-state index in [-0.39, 0.29) is 12.1 Å². The Morgan fingerprint density at radius 3 is 2.23 bits per heavy atom. The summed E-state index contributed by atoms with van der Waals surface area (Å²) in [4.78, 5) is 6.98. The van der Waals surface area contributed by atoms with Gasteiger partial charge >= 0.3 is 0 Å². The van der Waals surface area contributed by atoms with Crippen molar-refractivity contribution in [1.82, 2.24) is 14.9 Å². The second-order valence-electron chi connectivity index (χ2n) is 9.74. The molecule has 1 aliphatic rings. The van der Waals surface area contributed by atoms with Gasteiger partial charge in [0.2, 0.25) is 0 Å². The smallest absolute Gasteiger partial charge is 0.174 e. The number of anilines is 1. The fourth-order valence-corrected chi connectivity index (χ4v) is 6.03. The van der Waals surface area contributed by atoms with Crippen molar-refractivity contribution in [1.29, 1.82) is 0 Å². The number of nitrogens with one attached hydrogen (secondary N) is 1. The van der Waals surface area contributed by atoms with Crippen LogP contribution in [-0.2, 0) is 0 Å². The average Bonchev–Trinajstić information content (AvgIpc) is 3.30. The average molecular weight is 481 g/mol. The molecule has 5 rings (SSSR count). The van der Waals surface area contributed by atoms with Gasteiger partial charge in [0.1, 0.15) is 0 Å². The maximum atomic E-state index is 5.93. The molecule has 1 aliphatic heterocycles. The van der Waals surface area contributed by atoms with E-state index in [4.69, 9.17) is 17.2 Å². The van der Waals surface area contributed by atoms with Crippen molar-refractivity contribution in [2.45, 2.75) is 53.6 Å². The number of thiocarbonyl (C=S) groups is 1. The number of hydrogen-bond donors (Lipinski definition) is 1. The van der Waals surface area contributed by atoms with E-state index >= 15 is 0 Å². The fourth-order valence-electron chi connectivity index (χ4n) is 5.68. The lowest BCUT2D eigenvalue weighted by molar-refractivity contribution is 0.565. The molecule has 0 aliphatic carbocycles. The zero-order chi connectivity index (χ0) is 24.9. The van der Waals surface area contributed by atoms with Crippen LogP contribution in [-0.4, -0.2) is 14.7 Å². The number of hydrogen-bond acceptors (Lipinski definition) is 2. The standard InChI is InChI=1S/C30H32N4S/c1-18-10-9-11-24(16-18)34-29(27(32-30(34)35)26-12-7-8-13-31-26)25-17-22(5)33(23(25)6)28-20(3)14-19(2)15-21(28)4/h7-17,27,29H,1-6H3,(H,32,35)/t27-,29-/m0/s1. The summed E-state index contributed by atoms with van der Waals surface area (Å²) >= 11 is 5.93. The second-order valence-corrected chi connectivity index (χ2v) is 10.1. The van der Waals surface area contributed by atoms with Crippen molar-refractivity contribution in [2.24, 2.45) is 0 Å². The van der Waals surface area contributed by atoms with Gasteiger partial charge in [-0.3, -0.25) is 4.98 Å². The first-order chi connectivity index (χ1) is 16.8. The highest BCUT2D eigenvalue weighted by molar-refractivity contribution is 7.80. The van der Waals surface area contributed by atoms with Crippen LogP contribution < -0.4 is 10.2 Å². The Bertz CT molecular complexity index is 1400. The first kappa shape index (κ1) is 23.3. The number of pyridine rings is 1. The maximum absolute atomic E-state index is 5.93. The summed E-state index contributed by atoms with van der Waals surface area (Å²) in [6, 6.07) is 21.4. The molecule has 4 nitrogen and oxygen atoms in total. The molecule has 0 amide bonds. The molecule has 0 radical (unpaired) electrons. The lowest BCUT2D eigenvalue weighted by atomic mass is 9.96. The van der Waals surface area contributed by atoms with Crippen LogP contribution in [0.3, 0.4) is 0 Å². The molecule has 0 spiro atoms. The molecule has 0 unspecified atom stereocenters. The highest BCUT2D eigenvalue weighted by Crippen LogP contribution is 2.44. The molecule has 1 saturated heterocycles. The molecule has 3 heterocycles. The summed E-state index contributed by atoms with van der Waals surface area (Å²) in [5, 5.41) is 4.32. The highest BCUT2D eigenvalue weighted by atomic mass is 32.1. The predicted octanol–water partition coefficient (Wildman–Crippen LogP) is 6.90. The topological polar surface area (TPSA) is 33.1 Å². The molecule has 2 aromatic heterocycles. The highest BCUT2D eigenvalue weighted by Gasteiger charge is 2.42. The summed E-state index contributed by atoms with van der Waals surface area (Å²) < 4.78 is 2.41. The molecule has 2 aromatic carbocycles. The van der Waals surface area contributed by atoms with Crippen LogP contribution in [0, 0.1) is 41.5 Å². The van der Waals surface area contributed by atoms with Gasteiger partial charge in [0.15, 0.2) is 5.11 Å². The minimum Gasteiger partial charge on any atom is -0.351 e. The van der Waals surface area contributed by atoms with E-state index in [9.17, 15) is 0 Å². The molecule has 35 heavy (non-hydrogen) atoms. The quantitative estimate of drug-likeness (QED) is 0.322. The monoisotopic (exact) mass is 480 g/mol. The van der Waals surface area contributed by atoms with Crippen LogP contribution in [0.2, 0.25) is 0 Å². The SMILES string of the molecule is Cc1cccc(N2C(=S)N[C@@H](c3ccccn3)[C@@H]2c2cc(C)n(-c3c(C)cc(C)cc3C)c2C)c1. The molecule has 1 N–H and O–H groups in total. The molecule has 178 valence electrons. The van der Waals surface area contributed by atoms with E-state index in [2.05, 4.69) is 105 Å². The van der Waals surface area contributed by atoms with Crippen LogP contribution in [0.25, 0.3) is 5.69 Å². The van der Waals surface area contributed by atoms with Gasteiger partial charge in [-0.1, -0.05) is 35.9 Å². The molecular formula is C30H32N4S. The van der Waals surface area contributed by atoms with E-state index in [1.54, 1.807) is 0 Å². The van der Waals surface area contributed by atoms with Gasteiger partial charge in [-0.05, 0) is 106 Å². The van der Waals surface area contributed by atoms with Gasteiger partial charge in [0, 0.05) is 23.3 Å². The number of nitrogens with zero attached hydrogens (tertiary/aromatic N) is 3. The molecular weight excluding hydrogens is 448 g/mol. The lowest BCUT2D eigenvalue weighted by Crippen LogP contribution is -2.29. The van der Waals surface area contributed by atoms with Gasteiger partial charge in [0.05, 0.1) is 23.5 Å². The summed E-state index contributed by atoms with van der Waals surface area (Å²) in [6.45, 7) is 13.1. The summed E-state index contributed by atoms with van der Waals surface area (Å²) in [6.07, 6.45) is 1.86. The second kappa shape index (κ2) is 8.97. The van der Waals surface area contributed by atoms with Gasteiger partial charge < -0.3 is 14.8 Å². The van der Waals surface area contributed by atoms with Crippen molar-refractivity contribution in [2.75, 3.05) is 4.90 Å². The van der Waals surface area contributed by atoms with E-state index in [0.29, 0.717) is 0 Å². The summed E-state index contributed by atoms with van der Waals surface area (Å²) in [5.74, 6) is 0. The van der Waals surface area contributed by atoms with Crippen LogP contribution in [0.5, 0.6) is 0 Å². The van der Waals surface area contributed by atoms with Crippen molar-refractivity contribution in [3.05, 3.63) is 112 Å². The Morgan fingerprint density at radius 1 is 0.829 bits per heavy atom. The van der Waals surface area contributed by atoms with Crippen LogP contribution in [0.15, 0.2) is 66.9 Å². The zero-order valence-corrected chi connectivity index (χ0v) is 22.1. The molecule has 1 fully saturated rings. The lowest BCUT2D eigenvalue weighted by Gasteiger charge is -2.28. The Labute approximate surface area is 213 Å². The number of aromatic nitrogens is 2. The molecule has 4 aromatic rings.